The Bertz CT molecular complexity index is 879. The highest BCUT2D eigenvalue weighted by Crippen LogP contribution is 2.17. The van der Waals surface area contributed by atoms with Gasteiger partial charge in [0.05, 0.1) is 24.2 Å². The maximum Gasteiger partial charge on any atom is 0.315 e. The Hall–Kier alpha value is -2.42. The zero-order valence-corrected chi connectivity index (χ0v) is 16.6. The molecule has 0 radical (unpaired) electrons. The number of rotatable bonds is 6. The van der Waals surface area contributed by atoms with Gasteiger partial charge in [-0.05, 0) is 30.2 Å². The molecular weight excluding hydrogens is 378 g/mol. The van der Waals surface area contributed by atoms with Crippen LogP contribution in [-0.4, -0.2) is 45.1 Å². The van der Waals surface area contributed by atoms with Crippen LogP contribution in [0.15, 0.2) is 59.5 Å². The van der Waals surface area contributed by atoms with Gasteiger partial charge in [0.2, 0.25) is 10.0 Å². The Kier molecular flexibility index (Phi) is 6.66. The maximum absolute atomic E-state index is 12.6. The smallest absolute Gasteiger partial charge is 0.315 e. The number of hydrogen-bond acceptors (Lipinski definition) is 4. The lowest BCUT2D eigenvalue weighted by molar-refractivity contribution is 0.0730. The fraction of sp³-hybridized carbons (Fsp3) is 0.350. The number of morpholine rings is 1. The quantitative estimate of drug-likeness (QED) is 0.775. The second-order valence-electron chi connectivity index (χ2n) is 6.62. The summed E-state index contributed by atoms with van der Waals surface area (Å²) in [5.74, 6) is 0. The molecule has 0 bridgehead atoms. The molecule has 0 unspecified atom stereocenters. The topological polar surface area (TPSA) is 87.7 Å². The molecule has 0 aromatic heterocycles. The number of hydrogen-bond donors (Lipinski definition) is 2. The zero-order valence-electron chi connectivity index (χ0n) is 15.8. The molecule has 1 heterocycles. The monoisotopic (exact) mass is 403 g/mol. The summed E-state index contributed by atoms with van der Waals surface area (Å²) < 4.78 is 31.9. The molecule has 3 rings (SSSR count). The van der Waals surface area contributed by atoms with E-state index in [2.05, 4.69) is 10.6 Å². The van der Waals surface area contributed by atoms with Crippen LogP contribution < -0.4 is 10.6 Å². The molecule has 2 aromatic carbocycles. The van der Waals surface area contributed by atoms with Crippen LogP contribution in [0.1, 0.15) is 24.1 Å². The van der Waals surface area contributed by atoms with E-state index >= 15 is 0 Å². The summed E-state index contributed by atoms with van der Waals surface area (Å²) >= 11 is 0. The van der Waals surface area contributed by atoms with Crippen molar-refractivity contribution in [1.29, 1.82) is 0 Å². The second-order valence-corrected chi connectivity index (χ2v) is 8.56. The van der Waals surface area contributed by atoms with E-state index < -0.39 is 10.0 Å². The van der Waals surface area contributed by atoms with Crippen molar-refractivity contribution in [2.75, 3.05) is 26.3 Å². The number of ether oxygens (including phenoxy) is 1. The Balaban J connectivity index is 1.53. The van der Waals surface area contributed by atoms with Crippen molar-refractivity contribution in [1.82, 2.24) is 14.9 Å². The van der Waals surface area contributed by atoms with Crippen LogP contribution in [0.25, 0.3) is 0 Å². The van der Waals surface area contributed by atoms with Crippen LogP contribution in [-0.2, 0) is 21.3 Å². The summed E-state index contributed by atoms with van der Waals surface area (Å²) in [5.41, 5.74) is 1.85. The average Bonchev–Trinajstić information content (AvgIpc) is 2.74. The fourth-order valence-electron chi connectivity index (χ4n) is 2.97. The minimum atomic E-state index is -3.50. The van der Waals surface area contributed by atoms with Crippen LogP contribution in [0, 0.1) is 0 Å². The minimum Gasteiger partial charge on any atom is -0.379 e. The van der Waals surface area contributed by atoms with Gasteiger partial charge in [0, 0.05) is 19.6 Å². The first-order valence-electron chi connectivity index (χ1n) is 9.23. The summed E-state index contributed by atoms with van der Waals surface area (Å²) in [7, 11) is -3.50. The van der Waals surface area contributed by atoms with E-state index in [1.165, 1.54) is 4.31 Å². The van der Waals surface area contributed by atoms with Crippen LogP contribution in [0.2, 0.25) is 0 Å². The first kappa shape index (κ1) is 20.3. The van der Waals surface area contributed by atoms with E-state index in [0.717, 1.165) is 11.1 Å². The number of nitrogens with zero attached hydrogens (tertiary/aromatic N) is 1. The normalized spacial score (nSPS) is 16.3. The van der Waals surface area contributed by atoms with E-state index in [-0.39, 0.29) is 17.0 Å². The predicted octanol–water partition coefficient (Wildman–Crippen LogP) is 2.27. The lowest BCUT2D eigenvalue weighted by atomic mass is 10.1. The zero-order chi connectivity index (χ0) is 20.0. The van der Waals surface area contributed by atoms with Gasteiger partial charge in [-0.25, -0.2) is 13.2 Å². The molecule has 2 amide bonds. The predicted molar refractivity (Wildman–Crippen MR) is 106 cm³/mol. The van der Waals surface area contributed by atoms with Crippen molar-refractivity contribution >= 4 is 16.1 Å². The number of urea groups is 1. The summed E-state index contributed by atoms with van der Waals surface area (Å²) in [6.07, 6.45) is 0. The number of carbonyl (C=O) groups excluding carboxylic acids is 1. The van der Waals surface area contributed by atoms with Gasteiger partial charge in [0.1, 0.15) is 0 Å². The van der Waals surface area contributed by atoms with Gasteiger partial charge < -0.3 is 15.4 Å². The number of amides is 2. The Labute approximate surface area is 165 Å². The number of benzene rings is 2. The molecule has 1 aliphatic heterocycles. The van der Waals surface area contributed by atoms with E-state index in [0.29, 0.717) is 32.8 Å². The third-order valence-electron chi connectivity index (χ3n) is 4.63. The van der Waals surface area contributed by atoms with Gasteiger partial charge in [-0.1, -0.05) is 42.5 Å². The first-order valence-corrected chi connectivity index (χ1v) is 10.7. The standard InChI is InChI=1S/C20H25N3O4S/c1-16(18-5-3-2-4-6-18)22-20(24)21-15-17-7-9-19(10-8-17)28(25,26)23-11-13-27-14-12-23/h2-10,16H,11-15H2,1H3,(H2,21,22,24)/t16-/m0/s1. The highest BCUT2D eigenvalue weighted by atomic mass is 32.2. The van der Waals surface area contributed by atoms with E-state index in [9.17, 15) is 13.2 Å². The third-order valence-corrected chi connectivity index (χ3v) is 6.54. The number of nitrogens with one attached hydrogen (secondary N) is 2. The summed E-state index contributed by atoms with van der Waals surface area (Å²) in [4.78, 5) is 12.3. The van der Waals surface area contributed by atoms with Crippen LogP contribution in [0.4, 0.5) is 4.79 Å². The van der Waals surface area contributed by atoms with Crippen molar-refractivity contribution in [2.24, 2.45) is 0 Å². The molecule has 1 atom stereocenters. The van der Waals surface area contributed by atoms with Crippen molar-refractivity contribution in [3.63, 3.8) is 0 Å². The molecule has 0 aliphatic carbocycles. The number of sulfonamides is 1. The fourth-order valence-corrected chi connectivity index (χ4v) is 4.38. The summed E-state index contributed by atoms with van der Waals surface area (Å²) in [6.45, 7) is 3.79. The molecule has 7 nitrogen and oxygen atoms in total. The molecule has 2 aromatic rings. The molecule has 1 saturated heterocycles. The largest absolute Gasteiger partial charge is 0.379 e. The Morgan fingerprint density at radius 1 is 1.07 bits per heavy atom. The molecule has 0 saturated carbocycles. The molecule has 28 heavy (non-hydrogen) atoms. The lowest BCUT2D eigenvalue weighted by Gasteiger charge is -2.26. The Morgan fingerprint density at radius 3 is 2.36 bits per heavy atom. The lowest BCUT2D eigenvalue weighted by Crippen LogP contribution is -2.40. The molecule has 2 N–H and O–H groups in total. The SMILES string of the molecule is C[C@H](NC(=O)NCc1ccc(S(=O)(=O)N2CCOCC2)cc1)c1ccccc1. The molecule has 1 fully saturated rings. The maximum atomic E-state index is 12.6. The van der Waals surface area contributed by atoms with Gasteiger partial charge in [-0.3, -0.25) is 0 Å². The van der Waals surface area contributed by atoms with Crippen molar-refractivity contribution in [2.45, 2.75) is 24.4 Å². The highest BCUT2D eigenvalue weighted by Gasteiger charge is 2.26. The first-order chi connectivity index (χ1) is 13.5. The van der Waals surface area contributed by atoms with Gasteiger partial charge in [-0.2, -0.15) is 4.31 Å². The number of carbonyl (C=O) groups is 1. The highest BCUT2D eigenvalue weighted by molar-refractivity contribution is 7.89. The van der Waals surface area contributed by atoms with E-state index in [4.69, 9.17) is 4.74 Å². The van der Waals surface area contributed by atoms with Gasteiger partial charge in [-0.15, -0.1) is 0 Å². The van der Waals surface area contributed by atoms with Crippen molar-refractivity contribution in [3.05, 3.63) is 65.7 Å². The average molecular weight is 404 g/mol. The molecule has 0 spiro atoms. The van der Waals surface area contributed by atoms with E-state index in [1.807, 2.05) is 37.3 Å². The van der Waals surface area contributed by atoms with Gasteiger partial charge >= 0.3 is 6.03 Å². The van der Waals surface area contributed by atoms with E-state index in [1.54, 1.807) is 24.3 Å². The van der Waals surface area contributed by atoms with Gasteiger partial charge in [0.15, 0.2) is 0 Å². The van der Waals surface area contributed by atoms with Crippen LogP contribution in [0.3, 0.4) is 0 Å². The third kappa shape index (κ3) is 5.09. The van der Waals surface area contributed by atoms with Crippen molar-refractivity contribution in [3.8, 4) is 0 Å². The van der Waals surface area contributed by atoms with Crippen molar-refractivity contribution < 1.29 is 17.9 Å². The molecular formula is C20H25N3O4S. The van der Waals surface area contributed by atoms with Crippen LogP contribution >= 0.6 is 0 Å². The Morgan fingerprint density at radius 2 is 1.71 bits per heavy atom. The van der Waals surface area contributed by atoms with Crippen LogP contribution in [0.5, 0.6) is 0 Å². The second kappa shape index (κ2) is 9.18. The summed E-state index contributed by atoms with van der Waals surface area (Å²) in [5, 5.41) is 5.68. The molecule has 150 valence electrons. The summed E-state index contributed by atoms with van der Waals surface area (Å²) in [6, 6.07) is 15.9. The van der Waals surface area contributed by atoms with Gasteiger partial charge in [0.25, 0.3) is 0 Å². The molecule has 1 aliphatic rings. The molecule has 8 heteroatoms. The minimum absolute atomic E-state index is 0.109.